The molecule has 2 aromatic rings. The Labute approximate surface area is 142 Å². The van der Waals surface area contributed by atoms with Gasteiger partial charge >= 0.3 is 0 Å². The molecule has 0 aliphatic carbocycles. The number of fused-ring (bicyclic) bond motifs is 1. The maximum atomic E-state index is 5.46. The van der Waals surface area contributed by atoms with Crippen molar-refractivity contribution in [1.82, 2.24) is 29.4 Å². The number of anilines is 1. The second-order valence-corrected chi connectivity index (χ2v) is 6.67. The van der Waals surface area contributed by atoms with Crippen LogP contribution in [0.2, 0.25) is 0 Å². The van der Waals surface area contributed by atoms with Crippen LogP contribution in [-0.2, 0) is 11.3 Å². The molecule has 8 nitrogen and oxygen atoms in total. The van der Waals surface area contributed by atoms with Crippen LogP contribution < -0.4 is 4.90 Å². The van der Waals surface area contributed by atoms with Crippen molar-refractivity contribution < 1.29 is 4.74 Å². The van der Waals surface area contributed by atoms with E-state index < -0.39 is 0 Å². The lowest BCUT2D eigenvalue weighted by Gasteiger charge is -2.31. The van der Waals surface area contributed by atoms with E-state index in [2.05, 4.69) is 37.8 Å². The van der Waals surface area contributed by atoms with Gasteiger partial charge in [-0.05, 0) is 14.0 Å². The number of hydrogen-bond acceptors (Lipinski definition) is 7. The molecule has 8 heteroatoms. The van der Waals surface area contributed by atoms with Crippen molar-refractivity contribution in [3.05, 3.63) is 17.6 Å². The zero-order chi connectivity index (χ0) is 16.5. The quantitative estimate of drug-likeness (QED) is 0.785. The molecule has 0 amide bonds. The van der Waals surface area contributed by atoms with Crippen molar-refractivity contribution in [2.45, 2.75) is 13.5 Å². The van der Waals surface area contributed by atoms with E-state index in [-0.39, 0.29) is 0 Å². The zero-order valence-corrected chi connectivity index (χ0v) is 14.5. The van der Waals surface area contributed by atoms with Gasteiger partial charge in [-0.25, -0.2) is 4.98 Å². The molecule has 0 N–H and O–H groups in total. The van der Waals surface area contributed by atoms with E-state index in [1.54, 1.807) is 0 Å². The minimum Gasteiger partial charge on any atom is -0.378 e. The summed E-state index contributed by atoms with van der Waals surface area (Å²) >= 11 is 0. The summed E-state index contributed by atoms with van der Waals surface area (Å²) in [5, 5.41) is 4.75. The molecule has 0 saturated carbocycles. The van der Waals surface area contributed by atoms with E-state index in [9.17, 15) is 0 Å². The van der Waals surface area contributed by atoms with Crippen LogP contribution in [0.5, 0.6) is 0 Å². The van der Waals surface area contributed by atoms with Crippen LogP contribution in [-0.4, -0.2) is 88.9 Å². The molecule has 2 saturated heterocycles. The Morgan fingerprint density at radius 3 is 2.54 bits per heavy atom. The van der Waals surface area contributed by atoms with Gasteiger partial charge in [0.25, 0.3) is 5.78 Å². The first kappa shape index (κ1) is 15.7. The minimum absolute atomic E-state index is 0.695. The van der Waals surface area contributed by atoms with Crippen LogP contribution in [0.1, 0.15) is 11.5 Å². The third-order valence-electron chi connectivity index (χ3n) is 4.76. The molecule has 4 rings (SSSR count). The van der Waals surface area contributed by atoms with Crippen LogP contribution in [0.15, 0.2) is 6.07 Å². The van der Waals surface area contributed by atoms with Crippen LogP contribution in [0.25, 0.3) is 5.78 Å². The standard InChI is InChI=1S/C16H25N7O/c1-13-11-15(22-7-9-24-10-8-22)23-16(17-13)18-14(19-23)12-21-5-3-20(2)4-6-21/h11H,3-10,12H2,1-2H3. The van der Waals surface area contributed by atoms with Crippen molar-refractivity contribution >= 4 is 11.6 Å². The Bertz CT molecular complexity index is 702. The molecule has 2 aliphatic rings. The molecular weight excluding hydrogens is 306 g/mol. The van der Waals surface area contributed by atoms with Crippen molar-refractivity contribution in [2.75, 3.05) is 64.4 Å². The first-order valence-corrected chi connectivity index (χ1v) is 8.66. The third kappa shape index (κ3) is 3.22. The van der Waals surface area contributed by atoms with Gasteiger partial charge in [0.05, 0.1) is 19.8 Å². The molecule has 0 unspecified atom stereocenters. The summed E-state index contributed by atoms with van der Waals surface area (Å²) in [5.74, 6) is 2.62. The highest BCUT2D eigenvalue weighted by Crippen LogP contribution is 2.18. The molecule has 24 heavy (non-hydrogen) atoms. The maximum Gasteiger partial charge on any atom is 0.254 e. The molecule has 130 valence electrons. The van der Waals surface area contributed by atoms with Gasteiger partial charge in [-0.15, -0.1) is 5.10 Å². The van der Waals surface area contributed by atoms with Crippen molar-refractivity contribution in [1.29, 1.82) is 0 Å². The molecule has 2 fully saturated rings. The summed E-state index contributed by atoms with van der Waals surface area (Å²) in [6, 6.07) is 2.09. The largest absolute Gasteiger partial charge is 0.378 e. The summed E-state index contributed by atoms with van der Waals surface area (Å²) in [5.41, 5.74) is 0.975. The van der Waals surface area contributed by atoms with Gasteiger partial charge in [-0.3, -0.25) is 4.90 Å². The molecule has 2 aromatic heterocycles. The van der Waals surface area contributed by atoms with Gasteiger partial charge in [0.2, 0.25) is 0 Å². The van der Waals surface area contributed by atoms with Crippen molar-refractivity contribution in [3.8, 4) is 0 Å². The SMILES string of the molecule is Cc1cc(N2CCOCC2)n2nc(CN3CCN(C)CC3)nc2n1. The van der Waals surface area contributed by atoms with E-state index in [0.717, 1.165) is 76.4 Å². The monoisotopic (exact) mass is 331 g/mol. The van der Waals surface area contributed by atoms with Crippen LogP contribution >= 0.6 is 0 Å². The Morgan fingerprint density at radius 1 is 1.04 bits per heavy atom. The second-order valence-electron chi connectivity index (χ2n) is 6.67. The van der Waals surface area contributed by atoms with E-state index in [4.69, 9.17) is 9.84 Å². The zero-order valence-electron chi connectivity index (χ0n) is 14.5. The van der Waals surface area contributed by atoms with Gasteiger partial charge in [0.1, 0.15) is 5.82 Å². The number of aromatic nitrogens is 4. The molecule has 0 aromatic carbocycles. The molecule has 0 spiro atoms. The van der Waals surface area contributed by atoms with Gasteiger partial charge < -0.3 is 14.5 Å². The molecule has 0 atom stereocenters. The fraction of sp³-hybridized carbons (Fsp3) is 0.688. The Balaban J connectivity index is 1.59. The smallest absolute Gasteiger partial charge is 0.254 e. The second kappa shape index (κ2) is 6.62. The lowest BCUT2D eigenvalue weighted by atomic mass is 10.3. The lowest BCUT2D eigenvalue weighted by molar-refractivity contribution is 0.122. The normalized spacial score (nSPS) is 20.8. The average molecular weight is 331 g/mol. The van der Waals surface area contributed by atoms with Gasteiger partial charge in [0.15, 0.2) is 5.82 Å². The number of ether oxygens (including phenoxy) is 1. The number of hydrogen-bond donors (Lipinski definition) is 0. The number of aryl methyl sites for hydroxylation is 1. The van der Waals surface area contributed by atoms with Gasteiger partial charge in [-0.1, -0.05) is 0 Å². The Hall–Kier alpha value is -1.77. The lowest BCUT2D eigenvalue weighted by Crippen LogP contribution is -2.44. The summed E-state index contributed by atoms with van der Waals surface area (Å²) in [6.07, 6.45) is 0. The van der Waals surface area contributed by atoms with E-state index in [1.165, 1.54) is 0 Å². The topological polar surface area (TPSA) is 62.0 Å². The van der Waals surface area contributed by atoms with Crippen LogP contribution in [0.3, 0.4) is 0 Å². The summed E-state index contributed by atoms with van der Waals surface area (Å²) < 4.78 is 7.36. The average Bonchev–Trinajstić information content (AvgIpc) is 2.99. The number of piperazine rings is 1. The predicted molar refractivity (Wildman–Crippen MR) is 91.3 cm³/mol. The summed E-state index contributed by atoms with van der Waals surface area (Å²) in [6.45, 7) is 10.4. The number of likely N-dealkylation sites (N-methyl/N-ethyl adjacent to an activating group) is 1. The number of nitrogens with zero attached hydrogens (tertiary/aromatic N) is 7. The van der Waals surface area contributed by atoms with Gasteiger partial charge in [-0.2, -0.15) is 9.50 Å². The Kier molecular flexibility index (Phi) is 4.34. The molecular formula is C16H25N7O. The third-order valence-corrected chi connectivity index (χ3v) is 4.76. The molecule has 0 bridgehead atoms. The fourth-order valence-corrected chi connectivity index (χ4v) is 3.30. The highest BCUT2D eigenvalue weighted by Gasteiger charge is 2.20. The fourth-order valence-electron chi connectivity index (χ4n) is 3.30. The van der Waals surface area contributed by atoms with E-state index in [1.807, 2.05) is 11.4 Å². The highest BCUT2D eigenvalue weighted by atomic mass is 16.5. The van der Waals surface area contributed by atoms with Crippen LogP contribution in [0.4, 0.5) is 5.82 Å². The van der Waals surface area contributed by atoms with Crippen molar-refractivity contribution in [2.24, 2.45) is 0 Å². The summed E-state index contributed by atoms with van der Waals surface area (Å²) in [4.78, 5) is 16.3. The highest BCUT2D eigenvalue weighted by molar-refractivity contribution is 5.47. The van der Waals surface area contributed by atoms with Crippen molar-refractivity contribution in [3.63, 3.8) is 0 Å². The Morgan fingerprint density at radius 2 is 1.79 bits per heavy atom. The molecule has 2 aliphatic heterocycles. The van der Waals surface area contributed by atoms with Gasteiger partial charge in [0, 0.05) is 51.0 Å². The molecule has 0 radical (unpaired) electrons. The van der Waals surface area contributed by atoms with E-state index in [0.29, 0.717) is 5.78 Å². The molecule has 4 heterocycles. The number of morpholine rings is 1. The maximum absolute atomic E-state index is 5.46. The summed E-state index contributed by atoms with van der Waals surface area (Å²) in [7, 11) is 2.17. The number of rotatable bonds is 3. The predicted octanol–water partition coefficient (Wildman–Crippen LogP) is 0.0167. The first-order chi connectivity index (χ1) is 11.7. The first-order valence-electron chi connectivity index (χ1n) is 8.66. The minimum atomic E-state index is 0.695. The van der Waals surface area contributed by atoms with Crippen LogP contribution in [0, 0.1) is 6.92 Å². The van der Waals surface area contributed by atoms with E-state index >= 15 is 0 Å².